The fraction of sp³-hybridized carbons (Fsp3) is 0.929. The first-order valence-corrected chi connectivity index (χ1v) is 7.08. The largest absolute Gasteiger partial charge is 0.340 e. The number of hydrogen-bond donors (Lipinski definition) is 1. The van der Waals surface area contributed by atoms with Crippen LogP contribution in [0.2, 0.25) is 0 Å². The van der Waals surface area contributed by atoms with Gasteiger partial charge >= 0.3 is 0 Å². The molecule has 0 bridgehead atoms. The molecule has 18 heavy (non-hydrogen) atoms. The lowest BCUT2D eigenvalue weighted by Gasteiger charge is -2.36. The summed E-state index contributed by atoms with van der Waals surface area (Å²) in [5, 5.41) is 0. The topological polar surface area (TPSA) is 49.6 Å². The molecular weight excluding hydrogens is 226 g/mol. The first-order chi connectivity index (χ1) is 8.37. The minimum Gasteiger partial charge on any atom is -0.340 e. The van der Waals surface area contributed by atoms with Crippen LogP contribution in [0.15, 0.2) is 0 Å². The number of likely N-dealkylation sites (N-methyl/N-ethyl adjacent to an activating group) is 1. The average Bonchev–Trinajstić information content (AvgIpc) is 2.34. The van der Waals surface area contributed by atoms with Crippen molar-refractivity contribution in [2.45, 2.75) is 34.1 Å². The molecule has 1 rings (SSSR count). The van der Waals surface area contributed by atoms with Gasteiger partial charge in [0.15, 0.2) is 0 Å². The van der Waals surface area contributed by atoms with Crippen LogP contribution in [0.4, 0.5) is 0 Å². The molecule has 1 heterocycles. The first-order valence-electron chi connectivity index (χ1n) is 7.08. The van der Waals surface area contributed by atoms with Crippen molar-refractivity contribution < 1.29 is 4.79 Å². The van der Waals surface area contributed by atoms with Gasteiger partial charge in [0.25, 0.3) is 0 Å². The molecule has 106 valence electrons. The van der Waals surface area contributed by atoms with Gasteiger partial charge in [-0.1, -0.05) is 27.7 Å². The number of hydrogen-bond acceptors (Lipinski definition) is 3. The van der Waals surface area contributed by atoms with Crippen molar-refractivity contribution in [2.24, 2.45) is 17.1 Å². The summed E-state index contributed by atoms with van der Waals surface area (Å²) in [6.07, 6.45) is 0.871. The fourth-order valence-corrected chi connectivity index (χ4v) is 2.55. The van der Waals surface area contributed by atoms with Gasteiger partial charge in [0.1, 0.15) is 0 Å². The van der Waals surface area contributed by atoms with Crippen molar-refractivity contribution in [2.75, 3.05) is 39.3 Å². The molecule has 1 aliphatic heterocycles. The van der Waals surface area contributed by atoms with E-state index in [0.29, 0.717) is 6.54 Å². The van der Waals surface area contributed by atoms with Gasteiger partial charge in [-0.25, -0.2) is 0 Å². The molecule has 1 saturated heterocycles. The van der Waals surface area contributed by atoms with E-state index in [2.05, 4.69) is 32.6 Å². The molecule has 1 unspecified atom stereocenters. The van der Waals surface area contributed by atoms with E-state index < -0.39 is 0 Å². The van der Waals surface area contributed by atoms with Crippen molar-refractivity contribution in [3.63, 3.8) is 0 Å². The third-order valence-corrected chi connectivity index (χ3v) is 3.62. The van der Waals surface area contributed by atoms with Gasteiger partial charge in [-0.3, -0.25) is 4.79 Å². The van der Waals surface area contributed by atoms with Gasteiger partial charge in [0.2, 0.25) is 5.91 Å². The normalized spacial score (nSPS) is 19.9. The Morgan fingerprint density at radius 1 is 1.22 bits per heavy atom. The second kappa shape index (κ2) is 6.53. The van der Waals surface area contributed by atoms with Gasteiger partial charge in [0.05, 0.1) is 5.92 Å². The van der Waals surface area contributed by atoms with Crippen LogP contribution in [0.25, 0.3) is 0 Å². The van der Waals surface area contributed by atoms with Gasteiger partial charge in [-0.15, -0.1) is 0 Å². The van der Waals surface area contributed by atoms with Crippen LogP contribution >= 0.6 is 0 Å². The Morgan fingerprint density at radius 2 is 1.78 bits per heavy atom. The molecule has 1 atom stereocenters. The van der Waals surface area contributed by atoms with Crippen LogP contribution in [0, 0.1) is 11.3 Å². The Labute approximate surface area is 111 Å². The number of piperazine rings is 1. The van der Waals surface area contributed by atoms with E-state index in [4.69, 9.17) is 5.73 Å². The number of nitrogens with zero attached hydrogens (tertiary/aromatic N) is 2. The lowest BCUT2D eigenvalue weighted by atomic mass is 9.84. The van der Waals surface area contributed by atoms with Gasteiger partial charge in [0, 0.05) is 32.7 Å². The predicted molar refractivity (Wildman–Crippen MR) is 75.3 cm³/mol. The summed E-state index contributed by atoms with van der Waals surface area (Å²) in [6, 6.07) is 0. The number of carbonyl (C=O) groups excluding carboxylic acids is 1. The van der Waals surface area contributed by atoms with Crippen LogP contribution in [0.1, 0.15) is 34.1 Å². The van der Waals surface area contributed by atoms with Crippen LogP contribution in [-0.4, -0.2) is 55.0 Å². The molecule has 0 aromatic rings. The third kappa shape index (κ3) is 4.58. The molecule has 0 aromatic heterocycles. The summed E-state index contributed by atoms with van der Waals surface area (Å²) in [6.45, 7) is 13.9. The molecule has 0 radical (unpaired) electrons. The Kier molecular flexibility index (Phi) is 5.60. The highest BCUT2D eigenvalue weighted by atomic mass is 16.2. The lowest BCUT2D eigenvalue weighted by molar-refractivity contribution is -0.138. The molecule has 1 aliphatic rings. The lowest BCUT2D eigenvalue weighted by Crippen LogP contribution is -2.51. The highest BCUT2D eigenvalue weighted by molar-refractivity contribution is 5.79. The monoisotopic (exact) mass is 255 g/mol. The van der Waals surface area contributed by atoms with Crippen LogP contribution in [-0.2, 0) is 4.79 Å². The minimum absolute atomic E-state index is 0.0156. The van der Waals surface area contributed by atoms with Crippen LogP contribution in [0.3, 0.4) is 0 Å². The Bertz CT molecular complexity index is 265. The van der Waals surface area contributed by atoms with E-state index in [1.165, 1.54) is 0 Å². The van der Waals surface area contributed by atoms with E-state index >= 15 is 0 Å². The molecule has 0 aliphatic carbocycles. The molecule has 0 saturated carbocycles. The molecule has 1 amide bonds. The number of rotatable bonds is 4. The summed E-state index contributed by atoms with van der Waals surface area (Å²) in [5.41, 5.74) is 5.94. The van der Waals surface area contributed by atoms with E-state index in [9.17, 15) is 4.79 Å². The number of nitrogens with two attached hydrogens (primary N) is 1. The third-order valence-electron chi connectivity index (χ3n) is 3.62. The van der Waals surface area contributed by atoms with E-state index in [-0.39, 0.29) is 17.2 Å². The first kappa shape index (κ1) is 15.4. The SMILES string of the molecule is CCN1CCN(C(=O)C(CN)CC(C)(C)C)CC1. The molecule has 0 aromatic carbocycles. The summed E-state index contributed by atoms with van der Waals surface area (Å²) in [7, 11) is 0. The Hall–Kier alpha value is -0.610. The van der Waals surface area contributed by atoms with Crippen molar-refractivity contribution in [1.29, 1.82) is 0 Å². The van der Waals surface area contributed by atoms with Crippen molar-refractivity contribution in [3.05, 3.63) is 0 Å². The van der Waals surface area contributed by atoms with Crippen molar-refractivity contribution in [1.82, 2.24) is 9.80 Å². The predicted octanol–water partition coefficient (Wildman–Crippen LogP) is 1.16. The van der Waals surface area contributed by atoms with E-state index in [0.717, 1.165) is 39.1 Å². The summed E-state index contributed by atoms with van der Waals surface area (Å²) < 4.78 is 0. The molecule has 4 nitrogen and oxygen atoms in total. The highest BCUT2D eigenvalue weighted by Crippen LogP contribution is 2.25. The smallest absolute Gasteiger partial charge is 0.227 e. The molecular formula is C14H29N3O. The fourth-order valence-electron chi connectivity index (χ4n) is 2.55. The van der Waals surface area contributed by atoms with Crippen molar-refractivity contribution in [3.8, 4) is 0 Å². The van der Waals surface area contributed by atoms with Crippen LogP contribution < -0.4 is 5.73 Å². The standard InChI is InChI=1S/C14H29N3O/c1-5-16-6-8-17(9-7-16)13(18)12(11-15)10-14(2,3)4/h12H,5-11,15H2,1-4H3. The summed E-state index contributed by atoms with van der Waals surface area (Å²) in [5.74, 6) is 0.237. The Morgan fingerprint density at radius 3 is 2.17 bits per heavy atom. The molecule has 2 N–H and O–H groups in total. The molecule has 4 heteroatoms. The maximum absolute atomic E-state index is 12.4. The number of carbonyl (C=O) groups is 1. The number of amides is 1. The minimum atomic E-state index is -0.0156. The van der Waals surface area contributed by atoms with E-state index in [1.807, 2.05) is 4.90 Å². The second-order valence-corrected chi connectivity index (χ2v) is 6.46. The van der Waals surface area contributed by atoms with Gasteiger partial charge < -0.3 is 15.5 Å². The van der Waals surface area contributed by atoms with Gasteiger partial charge in [-0.2, -0.15) is 0 Å². The second-order valence-electron chi connectivity index (χ2n) is 6.46. The zero-order chi connectivity index (χ0) is 13.8. The average molecular weight is 255 g/mol. The van der Waals surface area contributed by atoms with Crippen molar-refractivity contribution >= 4 is 5.91 Å². The van der Waals surface area contributed by atoms with Crippen LogP contribution in [0.5, 0.6) is 0 Å². The highest BCUT2D eigenvalue weighted by Gasteiger charge is 2.29. The molecule has 0 spiro atoms. The van der Waals surface area contributed by atoms with Gasteiger partial charge in [-0.05, 0) is 18.4 Å². The zero-order valence-electron chi connectivity index (χ0n) is 12.4. The summed E-state index contributed by atoms with van der Waals surface area (Å²) in [4.78, 5) is 16.8. The maximum atomic E-state index is 12.4. The maximum Gasteiger partial charge on any atom is 0.227 e. The Balaban J connectivity index is 2.52. The zero-order valence-corrected chi connectivity index (χ0v) is 12.4. The molecule has 1 fully saturated rings. The summed E-state index contributed by atoms with van der Waals surface area (Å²) >= 11 is 0. The quantitative estimate of drug-likeness (QED) is 0.820. The van der Waals surface area contributed by atoms with E-state index in [1.54, 1.807) is 0 Å².